The highest BCUT2D eigenvalue weighted by Gasteiger charge is 2.51. The molecule has 3 aliphatic rings. The van der Waals surface area contributed by atoms with Crippen molar-refractivity contribution in [3.05, 3.63) is 12.2 Å². The molecule has 11 nitrogen and oxygen atoms in total. The molecule has 2 aliphatic heterocycles. The van der Waals surface area contributed by atoms with Crippen LogP contribution in [0.3, 0.4) is 0 Å². The highest BCUT2D eigenvalue weighted by molar-refractivity contribution is 7.46. The van der Waals surface area contributed by atoms with Gasteiger partial charge in [0, 0.05) is 6.54 Å². The fourth-order valence-electron chi connectivity index (χ4n) is 5.24. The van der Waals surface area contributed by atoms with Gasteiger partial charge in [-0.05, 0) is 31.8 Å². The minimum absolute atomic E-state index is 0.117. The predicted molar refractivity (Wildman–Crippen MR) is 131 cm³/mol. The van der Waals surface area contributed by atoms with Gasteiger partial charge in [0.15, 0.2) is 12.0 Å². The Bertz CT molecular complexity index is 819. The molecule has 2 saturated heterocycles. The molecule has 2 heterocycles. The third-order valence-electron chi connectivity index (χ3n) is 7.40. The van der Waals surface area contributed by atoms with Gasteiger partial charge in [-0.15, -0.1) is 0 Å². The maximum absolute atomic E-state index is 13.3. The maximum atomic E-state index is 13.3. The molecule has 0 aromatic carbocycles. The lowest BCUT2D eigenvalue weighted by Gasteiger charge is -2.43. The van der Waals surface area contributed by atoms with Crippen molar-refractivity contribution < 1.29 is 43.4 Å². The molecular formula is C24H41N2O9P. The summed E-state index contributed by atoms with van der Waals surface area (Å²) in [7, 11) is -4.80. The summed E-state index contributed by atoms with van der Waals surface area (Å²) in [5, 5.41) is 23.6. The number of aliphatic hydroxyl groups excluding tert-OH is 2. The van der Waals surface area contributed by atoms with Crippen LogP contribution in [0.15, 0.2) is 12.2 Å². The fraction of sp³-hybridized carbons (Fsp3) is 0.833. The number of nitrogens with zero attached hydrogens (tertiary/aromatic N) is 1. The zero-order valence-corrected chi connectivity index (χ0v) is 21.7. The summed E-state index contributed by atoms with van der Waals surface area (Å²) in [5.41, 5.74) is -1.04. The second kappa shape index (κ2) is 13.5. The van der Waals surface area contributed by atoms with Gasteiger partial charge < -0.3 is 30.1 Å². The quantitative estimate of drug-likeness (QED) is 0.342. The topological polar surface area (TPSA) is 166 Å². The maximum Gasteiger partial charge on any atom is 0.469 e. The molecule has 5 N–H and O–H groups in total. The number of urea groups is 1. The molecule has 0 aromatic heterocycles. The van der Waals surface area contributed by atoms with Crippen molar-refractivity contribution in [1.29, 1.82) is 0 Å². The van der Waals surface area contributed by atoms with Crippen molar-refractivity contribution in [3.63, 3.8) is 0 Å². The number of phosphoric ester groups is 1. The van der Waals surface area contributed by atoms with Crippen LogP contribution < -0.4 is 5.32 Å². The van der Waals surface area contributed by atoms with Crippen LogP contribution in [0.4, 0.5) is 4.79 Å². The largest absolute Gasteiger partial charge is 0.469 e. The van der Waals surface area contributed by atoms with Gasteiger partial charge in [0.2, 0.25) is 0 Å². The highest BCUT2D eigenvalue weighted by atomic mass is 31.2. The van der Waals surface area contributed by atoms with Gasteiger partial charge in [-0.25, -0.2) is 9.36 Å². The molecule has 0 radical (unpaired) electrons. The number of ether oxygens (including phenoxy) is 1. The van der Waals surface area contributed by atoms with Crippen LogP contribution >= 0.6 is 7.82 Å². The molecule has 5 atom stereocenters. The van der Waals surface area contributed by atoms with E-state index in [9.17, 15) is 24.4 Å². The normalized spacial score (nSPS) is 35.1. The summed E-state index contributed by atoms with van der Waals surface area (Å²) in [6.07, 6.45) is 10.9. The van der Waals surface area contributed by atoms with Crippen molar-refractivity contribution in [3.8, 4) is 0 Å². The zero-order chi connectivity index (χ0) is 26.2. The lowest BCUT2D eigenvalue weighted by molar-refractivity contribution is -0.124. The highest BCUT2D eigenvalue weighted by Crippen LogP contribution is 2.38. The van der Waals surface area contributed by atoms with Crippen LogP contribution in [0.25, 0.3) is 0 Å². The zero-order valence-electron chi connectivity index (χ0n) is 20.8. The molecule has 1 spiro atoms. The number of hydrogen-bond acceptors (Lipinski definition) is 7. The van der Waals surface area contributed by atoms with E-state index in [2.05, 4.69) is 9.84 Å². The van der Waals surface area contributed by atoms with E-state index < -0.39 is 50.5 Å². The summed E-state index contributed by atoms with van der Waals surface area (Å²) in [6.45, 7) is -0.534. The Morgan fingerprint density at radius 1 is 0.972 bits per heavy atom. The van der Waals surface area contributed by atoms with Gasteiger partial charge in [-0.2, -0.15) is 0 Å². The molecule has 206 valence electrons. The number of rotatable bonds is 4. The number of aliphatic hydroxyl groups is 2. The van der Waals surface area contributed by atoms with E-state index in [1.54, 1.807) is 6.08 Å². The van der Waals surface area contributed by atoms with Gasteiger partial charge in [0.05, 0.1) is 6.61 Å². The van der Waals surface area contributed by atoms with Crippen molar-refractivity contribution in [2.45, 2.75) is 114 Å². The van der Waals surface area contributed by atoms with Crippen LogP contribution in [-0.2, 0) is 18.6 Å². The minimum Gasteiger partial charge on any atom is -0.387 e. The molecule has 0 bridgehead atoms. The molecule has 5 unspecified atom stereocenters. The van der Waals surface area contributed by atoms with Crippen molar-refractivity contribution in [2.24, 2.45) is 0 Å². The van der Waals surface area contributed by atoms with Crippen LogP contribution in [0.5, 0.6) is 0 Å². The monoisotopic (exact) mass is 532 g/mol. The van der Waals surface area contributed by atoms with E-state index in [0.717, 1.165) is 38.5 Å². The average molecular weight is 533 g/mol. The van der Waals surface area contributed by atoms with Crippen molar-refractivity contribution in [2.75, 3.05) is 13.2 Å². The number of phosphoric acid groups is 1. The van der Waals surface area contributed by atoms with Crippen LogP contribution in [0.1, 0.15) is 83.5 Å². The third kappa shape index (κ3) is 8.08. The number of allylic oxidation sites excluding steroid dienone is 1. The molecule has 1 aliphatic carbocycles. The van der Waals surface area contributed by atoms with E-state index >= 15 is 0 Å². The first-order valence-corrected chi connectivity index (χ1v) is 14.7. The Balaban J connectivity index is 1.66. The number of ketones is 1. The van der Waals surface area contributed by atoms with E-state index in [-0.39, 0.29) is 12.3 Å². The summed E-state index contributed by atoms with van der Waals surface area (Å²) in [5.74, 6) is -0.136. The van der Waals surface area contributed by atoms with Crippen LogP contribution in [0, 0.1) is 0 Å². The predicted octanol–water partition coefficient (Wildman–Crippen LogP) is 2.52. The Kier molecular flexibility index (Phi) is 10.9. The van der Waals surface area contributed by atoms with Gasteiger partial charge in [0.25, 0.3) is 0 Å². The summed E-state index contributed by atoms with van der Waals surface area (Å²) in [6, 6.07) is -0.592. The van der Waals surface area contributed by atoms with Gasteiger partial charge >= 0.3 is 13.9 Å². The standard InChI is InChI=1S/C24H41N2O9P/c27-19-13-11-9-7-5-3-1-2-4-6-8-10-12-14-24(19)15-16-26(23(30)25-24)22-21(29)20(28)18(35-22)17-34-36(31,32)33/h11,13,18,20-22,28-29H,1-10,12,14-17H2,(H,25,30)(H2,31,32,33)/b13-11+. The molecular weight excluding hydrogens is 491 g/mol. The molecule has 3 rings (SSSR count). The average Bonchev–Trinajstić information content (AvgIpc) is 3.10. The lowest BCUT2D eigenvalue weighted by atomic mass is 9.82. The first kappa shape index (κ1) is 29.2. The van der Waals surface area contributed by atoms with Crippen molar-refractivity contribution >= 4 is 19.6 Å². The number of carbonyl (C=O) groups excluding carboxylic acids is 2. The SMILES string of the molecule is O=C1NC2(CCCCCCCCCCCC/C=C/C2=O)CCN1C1OC(COP(=O)(O)O)C(O)C1O. The first-order valence-electron chi connectivity index (χ1n) is 13.1. The van der Waals surface area contributed by atoms with Crippen LogP contribution in [0.2, 0.25) is 0 Å². The Labute approximate surface area is 212 Å². The minimum atomic E-state index is -4.80. The summed E-state index contributed by atoms with van der Waals surface area (Å²) in [4.78, 5) is 45.4. The smallest absolute Gasteiger partial charge is 0.387 e. The van der Waals surface area contributed by atoms with E-state index in [1.807, 2.05) is 6.08 Å². The van der Waals surface area contributed by atoms with Crippen LogP contribution in [-0.4, -0.2) is 79.9 Å². The van der Waals surface area contributed by atoms with Gasteiger partial charge in [-0.1, -0.05) is 63.9 Å². The molecule has 2 fully saturated rings. The van der Waals surface area contributed by atoms with E-state index in [1.165, 1.54) is 37.0 Å². The fourth-order valence-corrected chi connectivity index (χ4v) is 5.58. The molecule has 0 aromatic rings. The van der Waals surface area contributed by atoms with Crippen molar-refractivity contribution in [1.82, 2.24) is 10.2 Å². The molecule has 36 heavy (non-hydrogen) atoms. The lowest BCUT2D eigenvalue weighted by Crippen LogP contribution is -2.66. The molecule has 12 heteroatoms. The second-order valence-corrected chi connectivity index (χ2v) is 11.4. The molecule has 2 amide bonds. The second-order valence-electron chi connectivity index (χ2n) is 10.1. The third-order valence-corrected chi connectivity index (χ3v) is 7.89. The Morgan fingerprint density at radius 3 is 2.19 bits per heavy atom. The summed E-state index contributed by atoms with van der Waals surface area (Å²) < 4.78 is 20.9. The summed E-state index contributed by atoms with van der Waals surface area (Å²) >= 11 is 0. The molecule has 0 saturated carbocycles. The Hall–Kier alpha value is -1.33. The number of amides is 2. The first-order chi connectivity index (χ1) is 17.1. The number of hydrogen-bond donors (Lipinski definition) is 5. The van der Waals surface area contributed by atoms with E-state index in [4.69, 9.17) is 14.5 Å². The number of nitrogens with one attached hydrogen (secondary N) is 1. The van der Waals surface area contributed by atoms with Gasteiger partial charge in [0.1, 0.15) is 23.9 Å². The van der Waals surface area contributed by atoms with E-state index in [0.29, 0.717) is 12.8 Å². The number of carbonyl (C=O) groups is 2. The Morgan fingerprint density at radius 2 is 1.58 bits per heavy atom. The van der Waals surface area contributed by atoms with Gasteiger partial charge in [-0.3, -0.25) is 14.2 Å².